The van der Waals surface area contributed by atoms with Crippen LogP contribution in [0, 0.1) is 18.3 Å². The smallest absolute Gasteiger partial charge is 0.240 e. The maximum Gasteiger partial charge on any atom is 0.240 e. The predicted octanol–water partition coefficient (Wildman–Crippen LogP) is 0.555. The monoisotopic (exact) mass is 270 g/mol. The van der Waals surface area contributed by atoms with E-state index in [-0.39, 0.29) is 30.9 Å². The Morgan fingerprint density at radius 2 is 2.32 bits per heavy atom. The Hall–Kier alpha value is -1.12. The molecule has 3 unspecified atom stereocenters. The minimum Gasteiger partial charge on any atom is -0.396 e. The molecule has 4 nitrogen and oxygen atoms in total. The Labute approximate surface area is 114 Å². The van der Waals surface area contributed by atoms with Crippen molar-refractivity contribution in [3.8, 4) is 12.3 Å². The van der Waals surface area contributed by atoms with Gasteiger partial charge in [0.05, 0.1) is 12.1 Å². The Morgan fingerprint density at radius 1 is 1.68 bits per heavy atom. The summed E-state index contributed by atoms with van der Waals surface area (Å²) in [7, 11) is 1.64. The van der Waals surface area contributed by atoms with E-state index in [2.05, 4.69) is 11.2 Å². The number of likely N-dealkylation sites (tertiary alicyclic amines) is 1. The van der Waals surface area contributed by atoms with E-state index >= 15 is 0 Å². The number of carbonyl (C=O) groups excluding carboxylic acids is 1. The number of hydrogen-bond donors (Lipinski definition) is 2. The highest BCUT2D eigenvalue weighted by molar-refractivity contribution is 5.83. The second-order valence-electron chi connectivity index (χ2n) is 5.72. The van der Waals surface area contributed by atoms with Crippen LogP contribution in [0.2, 0.25) is 0 Å². The molecule has 0 saturated carbocycles. The topological polar surface area (TPSA) is 52.6 Å². The number of alkyl halides is 1. The summed E-state index contributed by atoms with van der Waals surface area (Å²) in [6.45, 7) is 3.35. The van der Waals surface area contributed by atoms with Gasteiger partial charge in [0.25, 0.3) is 0 Å². The number of terminal acetylenes is 1. The maximum atomic E-state index is 13.7. The minimum atomic E-state index is -1.43. The van der Waals surface area contributed by atoms with Crippen LogP contribution >= 0.6 is 0 Å². The lowest BCUT2D eigenvalue weighted by atomic mass is 9.99. The van der Waals surface area contributed by atoms with E-state index in [1.165, 1.54) is 13.8 Å². The molecular formula is C14H23FN2O2. The first kappa shape index (κ1) is 15.9. The van der Waals surface area contributed by atoms with Gasteiger partial charge in [0, 0.05) is 25.5 Å². The van der Waals surface area contributed by atoms with Gasteiger partial charge >= 0.3 is 0 Å². The molecule has 0 radical (unpaired) electrons. The number of halogens is 1. The molecule has 0 aromatic rings. The molecule has 3 atom stereocenters. The lowest BCUT2D eigenvalue weighted by Gasteiger charge is -2.28. The van der Waals surface area contributed by atoms with Crippen molar-refractivity contribution in [2.45, 2.75) is 44.4 Å². The molecule has 1 heterocycles. The van der Waals surface area contributed by atoms with Gasteiger partial charge in [0.1, 0.15) is 5.67 Å². The highest BCUT2D eigenvalue weighted by atomic mass is 19.1. The number of rotatable bonds is 5. The van der Waals surface area contributed by atoms with E-state index in [1.807, 2.05) is 0 Å². The van der Waals surface area contributed by atoms with Crippen LogP contribution in [0.25, 0.3) is 0 Å². The lowest BCUT2D eigenvalue weighted by molar-refractivity contribution is -0.134. The molecule has 0 aromatic carbocycles. The average molecular weight is 270 g/mol. The third kappa shape index (κ3) is 4.19. The van der Waals surface area contributed by atoms with E-state index in [0.717, 1.165) is 0 Å². The van der Waals surface area contributed by atoms with Crippen LogP contribution in [0.4, 0.5) is 4.39 Å². The molecule has 0 spiro atoms. The number of aliphatic hydroxyl groups is 1. The van der Waals surface area contributed by atoms with Crippen LogP contribution < -0.4 is 5.32 Å². The minimum absolute atomic E-state index is 0.0147. The van der Waals surface area contributed by atoms with Gasteiger partial charge in [-0.2, -0.15) is 0 Å². The van der Waals surface area contributed by atoms with Gasteiger partial charge in [-0.25, -0.2) is 4.39 Å². The first-order valence-corrected chi connectivity index (χ1v) is 6.56. The van der Waals surface area contributed by atoms with Crippen molar-refractivity contribution < 1.29 is 14.3 Å². The average Bonchev–Trinajstić information content (AvgIpc) is 2.77. The molecule has 0 aromatic heterocycles. The zero-order chi connectivity index (χ0) is 14.6. The van der Waals surface area contributed by atoms with E-state index in [9.17, 15) is 14.3 Å². The summed E-state index contributed by atoms with van der Waals surface area (Å²) in [6.07, 6.45) is 6.13. The fourth-order valence-electron chi connectivity index (χ4n) is 2.46. The largest absolute Gasteiger partial charge is 0.396 e. The fourth-order valence-corrected chi connectivity index (χ4v) is 2.46. The Bertz CT molecular complexity index is 359. The van der Waals surface area contributed by atoms with Gasteiger partial charge in [0.15, 0.2) is 0 Å². The summed E-state index contributed by atoms with van der Waals surface area (Å²) in [4.78, 5) is 14.0. The molecular weight excluding hydrogens is 247 g/mol. The normalized spacial score (nSPS) is 25.2. The Morgan fingerprint density at radius 3 is 2.74 bits per heavy atom. The number of carbonyl (C=O) groups is 1. The molecule has 1 aliphatic rings. The number of likely N-dealkylation sites (N-methyl/N-ethyl adjacent to an activating group) is 1. The number of nitrogens with zero attached hydrogens (tertiary/aromatic N) is 1. The van der Waals surface area contributed by atoms with E-state index in [4.69, 9.17) is 6.42 Å². The Kier molecular flexibility index (Phi) is 5.33. The van der Waals surface area contributed by atoms with Crippen LogP contribution in [0.5, 0.6) is 0 Å². The molecule has 108 valence electrons. The second kappa shape index (κ2) is 6.36. The first-order chi connectivity index (χ1) is 8.82. The van der Waals surface area contributed by atoms with Crippen LogP contribution in [0.1, 0.15) is 26.7 Å². The molecule has 1 rings (SSSR count). The molecule has 1 fully saturated rings. The van der Waals surface area contributed by atoms with E-state index < -0.39 is 11.7 Å². The number of aliphatic hydroxyl groups excluding tert-OH is 1. The highest BCUT2D eigenvalue weighted by Crippen LogP contribution is 2.25. The van der Waals surface area contributed by atoms with Gasteiger partial charge in [-0.1, -0.05) is 5.92 Å². The number of nitrogens with one attached hydrogen (secondary N) is 1. The summed E-state index contributed by atoms with van der Waals surface area (Å²) < 4.78 is 13.7. The number of amides is 1. The summed E-state index contributed by atoms with van der Waals surface area (Å²) >= 11 is 0. The van der Waals surface area contributed by atoms with Crippen molar-refractivity contribution in [3.63, 3.8) is 0 Å². The van der Waals surface area contributed by atoms with Crippen molar-refractivity contribution in [2.24, 2.45) is 5.92 Å². The molecule has 19 heavy (non-hydrogen) atoms. The molecule has 1 aliphatic heterocycles. The molecule has 5 heteroatoms. The van der Waals surface area contributed by atoms with Crippen molar-refractivity contribution in [3.05, 3.63) is 0 Å². The predicted molar refractivity (Wildman–Crippen MR) is 72.2 cm³/mol. The van der Waals surface area contributed by atoms with Gasteiger partial charge in [0.2, 0.25) is 5.91 Å². The summed E-state index contributed by atoms with van der Waals surface area (Å²) in [5, 5.41) is 12.0. The van der Waals surface area contributed by atoms with E-state index in [0.29, 0.717) is 13.0 Å². The fraction of sp³-hybridized carbons (Fsp3) is 0.786. The second-order valence-corrected chi connectivity index (χ2v) is 5.72. The van der Waals surface area contributed by atoms with Crippen LogP contribution in [0.3, 0.4) is 0 Å². The van der Waals surface area contributed by atoms with Crippen molar-refractivity contribution in [1.82, 2.24) is 10.2 Å². The first-order valence-electron chi connectivity index (χ1n) is 6.56. The third-order valence-electron chi connectivity index (χ3n) is 3.46. The zero-order valence-electron chi connectivity index (χ0n) is 11.8. The summed E-state index contributed by atoms with van der Waals surface area (Å²) in [6, 6.07) is -0.892. The highest BCUT2D eigenvalue weighted by Gasteiger charge is 2.38. The van der Waals surface area contributed by atoms with Crippen LogP contribution in [0.15, 0.2) is 0 Å². The number of hydrogen-bond acceptors (Lipinski definition) is 3. The van der Waals surface area contributed by atoms with Crippen LogP contribution in [-0.2, 0) is 4.79 Å². The zero-order valence-corrected chi connectivity index (χ0v) is 11.8. The van der Waals surface area contributed by atoms with Crippen molar-refractivity contribution in [2.75, 3.05) is 20.2 Å². The molecule has 0 bridgehead atoms. The van der Waals surface area contributed by atoms with Crippen molar-refractivity contribution in [1.29, 1.82) is 0 Å². The van der Waals surface area contributed by atoms with E-state index in [1.54, 1.807) is 11.9 Å². The van der Waals surface area contributed by atoms with Gasteiger partial charge in [-0.05, 0) is 27.3 Å². The van der Waals surface area contributed by atoms with Crippen LogP contribution in [-0.4, -0.2) is 53.9 Å². The van der Waals surface area contributed by atoms with Gasteiger partial charge in [-0.15, -0.1) is 6.42 Å². The molecule has 2 N–H and O–H groups in total. The third-order valence-corrected chi connectivity index (χ3v) is 3.46. The Balaban J connectivity index is 2.77. The molecule has 0 aliphatic carbocycles. The van der Waals surface area contributed by atoms with Gasteiger partial charge in [-0.3, -0.25) is 4.79 Å². The van der Waals surface area contributed by atoms with Gasteiger partial charge < -0.3 is 15.3 Å². The quantitative estimate of drug-likeness (QED) is 0.718. The summed E-state index contributed by atoms with van der Waals surface area (Å²) in [5.74, 6) is 2.40. The van der Waals surface area contributed by atoms with Crippen molar-refractivity contribution >= 4 is 5.91 Å². The lowest BCUT2D eigenvalue weighted by Crippen LogP contribution is -2.49. The SMILES string of the molecule is C#CC1CC(CO)CN1C(=O)C(CC(C)(C)F)NC. The maximum absolute atomic E-state index is 13.7. The standard InChI is InChI=1S/C14H23FN2O2/c1-5-11-6-10(9-18)8-17(11)13(19)12(16-4)7-14(2,3)15/h1,10-12,16,18H,6-9H2,2-4H3. The molecule has 1 saturated heterocycles. The molecule has 1 amide bonds. The summed E-state index contributed by atoms with van der Waals surface area (Å²) in [5.41, 5.74) is -1.43.